The highest BCUT2D eigenvalue weighted by Crippen LogP contribution is 2.33. The predicted octanol–water partition coefficient (Wildman–Crippen LogP) is 2.75. The highest BCUT2D eigenvalue weighted by molar-refractivity contribution is 5.22. The molecule has 1 saturated heterocycles. The van der Waals surface area contributed by atoms with Crippen LogP contribution in [0.3, 0.4) is 0 Å². The van der Waals surface area contributed by atoms with Crippen LogP contribution in [0.15, 0.2) is 30.3 Å². The first-order valence-electron chi connectivity index (χ1n) is 6.48. The molecule has 19 heavy (non-hydrogen) atoms. The summed E-state index contributed by atoms with van der Waals surface area (Å²) in [4.78, 5) is 1.45. The third-order valence-corrected chi connectivity index (χ3v) is 3.79. The van der Waals surface area contributed by atoms with Gasteiger partial charge in [-0.25, -0.2) is 0 Å². The minimum atomic E-state index is -4.17. The number of hydrogen-bond acceptors (Lipinski definition) is 2. The van der Waals surface area contributed by atoms with Crippen molar-refractivity contribution in [2.45, 2.75) is 37.5 Å². The standard InChI is InChI=1S/C14H19F3N2/c1-10-13(11-5-3-2-4-6-11)7-12(18)8-19(10)9-14(15,16)17/h2-6,10,12-13H,7-9,18H2,1H3/t10-,12?,13-/m1/s1. The Kier molecular flexibility index (Phi) is 4.16. The summed E-state index contributed by atoms with van der Waals surface area (Å²) in [6, 6.07) is 9.31. The first-order chi connectivity index (χ1) is 8.87. The molecule has 0 aliphatic carbocycles. The molecule has 1 aromatic rings. The molecular weight excluding hydrogens is 253 g/mol. The van der Waals surface area contributed by atoms with Crippen molar-refractivity contribution in [2.24, 2.45) is 5.73 Å². The molecule has 0 amide bonds. The van der Waals surface area contributed by atoms with E-state index in [1.54, 1.807) is 0 Å². The molecule has 2 N–H and O–H groups in total. The van der Waals surface area contributed by atoms with Crippen molar-refractivity contribution in [3.63, 3.8) is 0 Å². The van der Waals surface area contributed by atoms with E-state index in [1.807, 2.05) is 37.3 Å². The molecule has 2 rings (SSSR count). The highest BCUT2D eigenvalue weighted by atomic mass is 19.4. The van der Waals surface area contributed by atoms with Crippen molar-refractivity contribution < 1.29 is 13.2 Å². The van der Waals surface area contributed by atoms with E-state index in [0.29, 0.717) is 6.54 Å². The van der Waals surface area contributed by atoms with E-state index in [-0.39, 0.29) is 18.0 Å². The van der Waals surface area contributed by atoms with E-state index >= 15 is 0 Å². The van der Waals surface area contributed by atoms with Gasteiger partial charge in [-0.2, -0.15) is 13.2 Å². The monoisotopic (exact) mass is 272 g/mol. The van der Waals surface area contributed by atoms with Gasteiger partial charge in [0.2, 0.25) is 0 Å². The Bertz CT molecular complexity index is 405. The summed E-state index contributed by atoms with van der Waals surface area (Å²) in [5.41, 5.74) is 6.99. The normalized spacial score (nSPS) is 29.4. The number of nitrogens with zero attached hydrogens (tertiary/aromatic N) is 1. The Morgan fingerprint density at radius 3 is 2.47 bits per heavy atom. The quantitative estimate of drug-likeness (QED) is 0.897. The topological polar surface area (TPSA) is 29.3 Å². The van der Waals surface area contributed by atoms with E-state index in [1.165, 1.54) is 4.90 Å². The number of halogens is 3. The van der Waals surface area contributed by atoms with E-state index < -0.39 is 12.7 Å². The summed E-state index contributed by atoms with van der Waals surface area (Å²) in [6.45, 7) is 1.28. The maximum Gasteiger partial charge on any atom is 0.401 e. The molecule has 0 spiro atoms. The molecule has 0 radical (unpaired) electrons. The lowest BCUT2D eigenvalue weighted by Gasteiger charge is -2.42. The van der Waals surface area contributed by atoms with Gasteiger partial charge in [-0.15, -0.1) is 0 Å². The van der Waals surface area contributed by atoms with Crippen LogP contribution in [-0.2, 0) is 0 Å². The zero-order valence-electron chi connectivity index (χ0n) is 10.9. The van der Waals surface area contributed by atoms with Crippen LogP contribution in [0.25, 0.3) is 0 Å². The molecule has 1 aliphatic heterocycles. The molecule has 5 heteroatoms. The summed E-state index contributed by atoms with van der Waals surface area (Å²) in [5, 5.41) is 0. The average Bonchev–Trinajstić information content (AvgIpc) is 2.32. The van der Waals surface area contributed by atoms with Crippen LogP contribution in [0.5, 0.6) is 0 Å². The molecule has 1 heterocycles. The van der Waals surface area contributed by atoms with Gasteiger partial charge in [0.05, 0.1) is 6.54 Å². The van der Waals surface area contributed by atoms with E-state index in [9.17, 15) is 13.2 Å². The smallest absolute Gasteiger partial charge is 0.327 e. The molecule has 1 aliphatic rings. The minimum Gasteiger partial charge on any atom is -0.327 e. The average molecular weight is 272 g/mol. The van der Waals surface area contributed by atoms with Gasteiger partial charge in [0.1, 0.15) is 0 Å². The lowest BCUT2D eigenvalue weighted by atomic mass is 9.82. The number of likely N-dealkylation sites (tertiary alicyclic amines) is 1. The summed E-state index contributed by atoms with van der Waals surface area (Å²) >= 11 is 0. The molecule has 1 fully saturated rings. The van der Waals surface area contributed by atoms with Crippen LogP contribution < -0.4 is 5.73 Å². The van der Waals surface area contributed by atoms with Crippen LogP contribution in [0.1, 0.15) is 24.8 Å². The van der Waals surface area contributed by atoms with E-state index in [2.05, 4.69) is 0 Å². The molecule has 0 bridgehead atoms. The number of rotatable bonds is 2. The molecule has 1 unspecified atom stereocenters. The number of hydrogen-bond donors (Lipinski definition) is 1. The number of piperidine rings is 1. The van der Waals surface area contributed by atoms with Gasteiger partial charge in [-0.3, -0.25) is 4.90 Å². The van der Waals surface area contributed by atoms with Crippen molar-refractivity contribution in [2.75, 3.05) is 13.1 Å². The number of nitrogens with two attached hydrogens (primary N) is 1. The molecule has 2 nitrogen and oxygen atoms in total. The summed E-state index contributed by atoms with van der Waals surface area (Å²) in [7, 11) is 0. The highest BCUT2D eigenvalue weighted by Gasteiger charge is 2.39. The number of alkyl halides is 3. The Morgan fingerprint density at radius 2 is 1.89 bits per heavy atom. The van der Waals surface area contributed by atoms with Crippen molar-refractivity contribution >= 4 is 0 Å². The maximum absolute atomic E-state index is 12.6. The van der Waals surface area contributed by atoms with E-state index in [0.717, 1.165) is 12.0 Å². The molecular formula is C14H19F3N2. The summed E-state index contributed by atoms with van der Waals surface area (Å²) in [6.07, 6.45) is -3.44. The van der Waals surface area contributed by atoms with Gasteiger partial charge < -0.3 is 5.73 Å². The Morgan fingerprint density at radius 1 is 1.26 bits per heavy atom. The van der Waals surface area contributed by atoms with Gasteiger partial charge in [0, 0.05) is 24.5 Å². The second kappa shape index (κ2) is 5.51. The van der Waals surface area contributed by atoms with Gasteiger partial charge in [0.15, 0.2) is 0 Å². The van der Waals surface area contributed by atoms with Crippen molar-refractivity contribution in [3.05, 3.63) is 35.9 Å². The zero-order chi connectivity index (χ0) is 14.0. The molecule has 106 valence electrons. The van der Waals surface area contributed by atoms with Crippen LogP contribution >= 0.6 is 0 Å². The summed E-state index contributed by atoms with van der Waals surface area (Å²) in [5.74, 6) is 0.0623. The lowest BCUT2D eigenvalue weighted by molar-refractivity contribution is -0.154. The SMILES string of the molecule is C[C@@H]1[C@H](c2ccccc2)CC(N)CN1CC(F)(F)F. The second-order valence-corrected chi connectivity index (χ2v) is 5.30. The fourth-order valence-electron chi connectivity index (χ4n) is 2.87. The van der Waals surface area contributed by atoms with Crippen molar-refractivity contribution in [1.29, 1.82) is 0 Å². The summed E-state index contributed by atoms with van der Waals surface area (Å²) < 4.78 is 37.8. The maximum atomic E-state index is 12.6. The largest absolute Gasteiger partial charge is 0.401 e. The van der Waals surface area contributed by atoms with Crippen LogP contribution in [0, 0.1) is 0 Å². The van der Waals surface area contributed by atoms with Crippen molar-refractivity contribution in [3.8, 4) is 0 Å². The van der Waals surface area contributed by atoms with Gasteiger partial charge >= 0.3 is 6.18 Å². The first kappa shape index (κ1) is 14.3. The Hall–Kier alpha value is -1.07. The number of benzene rings is 1. The van der Waals surface area contributed by atoms with Gasteiger partial charge in [0.25, 0.3) is 0 Å². The van der Waals surface area contributed by atoms with E-state index in [4.69, 9.17) is 5.73 Å². The Balaban J connectivity index is 2.16. The lowest BCUT2D eigenvalue weighted by Crippen LogP contribution is -2.53. The third kappa shape index (κ3) is 3.70. The molecule has 3 atom stereocenters. The predicted molar refractivity (Wildman–Crippen MR) is 68.9 cm³/mol. The van der Waals surface area contributed by atoms with Gasteiger partial charge in [-0.05, 0) is 18.9 Å². The van der Waals surface area contributed by atoms with Gasteiger partial charge in [-0.1, -0.05) is 30.3 Å². The molecule has 0 aromatic heterocycles. The fourth-order valence-corrected chi connectivity index (χ4v) is 2.87. The van der Waals surface area contributed by atoms with Crippen molar-refractivity contribution in [1.82, 2.24) is 4.90 Å². The van der Waals surface area contributed by atoms with Crippen LogP contribution in [-0.4, -0.2) is 36.2 Å². The zero-order valence-corrected chi connectivity index (χ0v) is 10.9. The Labute approximate surface area is 111 Å². The third-order valence-electron chi connectivity index (χ3n) is 3.79. The van der Waals surface area contributed by atoms with Crippen LogP contribution in [0.4, 0.5) is 13.2 Å². The second-order valence-electron chi connectivity index (χ2n) is 5.30. The first-order valence-corrected chi connectivity index (χ1v) is 6.48. The molecule has 1 aromatic carbocycles. The molecule has 0 saturated carbocycles. The minimum absolute atomic E-state index is 0.0623. The van der Waals surface area contributed by atoms with Crippen LogP contribution in [0.2, 0.25) is 0 Å². The fraction of sp³-hybridized carbons (Fsp3) is 0.571.